The topological polar surface area (TPSA) is 65.8 Å². The van der Waals surface area contributed by atoms with Gasteiger partial charge in [-0.05, 0) is 61.7 Å². The molecule has 0 fully saturated rings. The number of aromatic nitrogens is 1. The Kier molecular flexibility index (Phi) is 7.55. The van der Waals surface area contributed by atoms with E-state index in [-0.39, 0.29) is 11.7 Å². The SMILES string of the molecule is Cc1ccc(-c2cc(-c3ccc(Cl)cc3)c(C#N)c(SCC(=O)Nc3cccc(C)c3C)n2)cc1. The van der Waals surface area contributed by atoms with Crippen LogP contribution in [0.15, 0.2) is 77.8 Å². The summed E-state index contributed by atoms with van der Waals surface area (Å²) in [6, 6.07) is 25.5. The first-order chi connectivity index (χ1) is 16.9. The minimum atomic E-state index is -0.150. The number of anilines is 1. The maximum absolute atomic E-state index is 12.8. The van der Waals surface area contributed by atoms with Gasteiger partial charge in [-0.2, -0.15) is 5.26 Å². The van der Waals surface area contributed by atoms with Gasteiger partial charge >= 0.3 is 0 Å². The third-order valence-corrected chi connectivity index (χ3v) is 7.05. The van der Waals surface area contributed by atoms with Gasteiger partial charge in [-0.25, -0.2) is 4.98 Å². The Morgan fingerprint density at radius 2 is 1.69 bits per heavy atom. The maximum atomic E-state index is 12.8. The summed E-state index contributed by atoms with van der Waals surface area (Å²) in [6.07, 6.45) is 0. The molecular formula is C29H24ClN3OS. The van der Waals surface area contributed by atoms with Gasteiger partial charge in [0, 0.05) is 21.8 Å². The van der Waals surface area contributed by atoms with Crippen molar-refractivity contribution in [3.05, 3.63) is 100 Å². The van der Waals surface area contributed by atoms with Gasteiger partial charge in [0.2, 0.25) is 5.91 Å². The zero-order valence-corrected chi connectivity index (χ0v) is 21.3. The van der Waals surface area contributed by atoms with Crippen LogP contribution in [0.25, 0.3) is 22.4 Å². The van der Waals surface area contributed by atoms with Crippen LogP contribution >= 0.6 is 23.4 Å². The zero-order valence-electron chi connectivity index (χ0n) is 19.7. The summed E-state index contributed by atoms with van der Waals surface area (Å²) >= 11 is 7.35. The van der Waals surface area contributed by atoms with E-state index in [0.29, 0.717) is 15.6 Å². The lowest BCUT2D eigenvalue weighted by Gasteiger charge is -2.13. The molecule has 3 aromatic carbocycles. The molecule has 0 unspecified atom stereocenters. The smallest absolute Gasteiger partial charge is 0.234 e. The Morgan fingerprint density at radius 3 is 2.37 bits per heavy atom. The number of carbonyl (C=O) groups excluding carboxylic acids is 1. The number of hydrogen-bond acceptors (Lipinski definition) is 4. The average molecular weight is 498 g/mol. The van der Waals surface area contributed by atoms with E-state index in [1.807, 2.05) is 81.4 Å². The largest absolute Gasteiger partial charge is 0.325 e. The van der Waals surface area contributed by atoms with Crippen molar-refractivity contribution < 1.29 is 4.79 Å². The van der Waals surface area contributed by atoms with E-state index in [1.165, 1.54) is 11.8 Å². The van der Waals surface area contributed by atoms with Crippen molar-refractivity contribution in [3.8, 4) is 28.5 Å². The first-order valence-electron chi connectivity index (χ1n) is 11.1. The van der Waals surface area contributed by atoms with Crippen molar-refractivity contribution in [1.82, 2.24) is 4.98 Å². The Labute approximate surface area is 215 Å². The number of amides is 1. The third-order valence-electron chi connectivity index (χ3n) is 5.82. The third kappa shape index (κ3) is 5.74. The molecule has 4 rings (SSSR count). The quantitative estimate of drug-likeness (QED) is 0.278. The highest BCUT2D eigenvalue weighted by molar-refractivity contribution is 8.00. The number of pyridine rings is 1. The molecule has 4 aromatic rings. The molecule has 174 valence electrons. The Balaban J connectivity index is 1.69. The normalized spacial score (nSPS) is 10.6. The standard InChI is InChI=1S/C29H24ClN3OS/c1-18-7-9-22(10-8-18)27-15-24(21-11-13-23(30)14-12-21)25(16-31)29(33-27)35-17-28(34)32-26-6-4-5-19(2)20(26)3/h4-15H,17H2,1-3H3,(H,32,34). The van der Waals surface area contributed by atoms with E-state index >= 15 is 0 Å². The first-order valence-corrected chi connectivity index (χ1v) is 12.5. The lowest BCUT2D eigenvalue weighted by molar-refractivity contribution is -0.113. The molecule has 0 aliphatic heterocycles. The molecule has 0 aliphatic carbocycles. The molecule has 0 aliphatic rings. The van der Waals surface area contributed by atoms with Crippen molar-refractivity contribution in [2.45, 2.75) is 25.8 Å². The van der Waals surface area contributed by atoms with Crippen molar-refractivity contribution in [2.24, 2.45) is 0 Å². The van der Waals surface area contributed by atoms with Crippen molar-refractivity contribution >= 4 is 35.0 Å². The highest BCUT2D eigenvalue weighted by Gasteiger charge is 2.17. The molecule has 0 atom stereocenters. The minimum absolute atomic E-state index is 0.131. The summed E-state index contributed by atoms with van der Waals surface area (Å²) in [5, 5.41) is 14.2. The van der Waals surface area contributed by atoms with E-state index in [1.54, 1.807) is 12.1 Å². The van der Waals surface area contributed by atoms with E-state index in [2.05, 4.69) is 11.4 Å². The highest BCUT2D eigenvalue weighted by Crippen LogP contribution is 2.35. The van der Waals surface area contributed by atoms with E-state index in [0.717, 1.165) is 44.8 Å². The zero-order chi connectivity index (χ0) is 24.9. The molecule has 0 spiro atoms. The van der Waals surface area contributed by atoms with Crippen molar-refractivity contribution in [1.29, 1.82) is 5.26 Å². The number of rotatable bonds is 6. The lowest BCUT2D eigenvalue weighted by atomic mass is 9.99. The average Bonchev–Trinajstić information content (AvgIpc) is 2.86. The monoisotopic (exact) mass is 497 g/mol. The molecule has 1 amide bonds. The molecule has 4 nitrogen and oxygen atoms in total. The van der Waals surface area contributed by atoms with Gasteiger partial charge in [-0.3, -0.25) is 4.79 Å². The van der Waals surface area contributed by atoms with Crippen LogP contribution in [0.5, 0.6) is 0 Å². The molecule has 6 heteroatoms. The Bertz CT molecular complexity index is 1420. The number of nitriles is 1. The number of nitrogens with zero attached hydrogens (tertiary/aromatic N) is 2. The predicted molar refractivity (Wildman–Crippen MR) is 145 cm³/mol. The van der Waals surface area contributed by atoms with Crippen molar-refractivity contribution in [3.63, 3.8) is 0 Å². The minimum Gasteiger partial charge on any atom is -0.325 e. The summed E-state index contributed by atoms with van der Waals surface area (Å²) in [5.41, 5.74) is 7.83. The molecule has 0 saturated carbocycles. The van der Waals surface area contributed by atoms with Crippen LogP contribution in [0.3, 0.4) is 0 Å². The van der Waals surface area contributed by atoms with Gasteiger partial charge in [0.1, 0.15) is 11.1 Å². The number of aryl methyl sites for hydroxylation is 2. The second-order valence-electron chi connectivity index (χ2n) is 8.30. The second-order valence-corrected chi connectivity index (χ2v) is 9.70. The van der Waals surface area contributed by atoms with E-state index < -0.39 is 0 Å². The molecule has 0 radical (unpaired) electrons. The first kappa shape index (κ1) is 24.5. The van der Waals surface area contributed by atoms with Gasteiger partial charge in [0.05, 0.1) is 17.0 Å². The summed E-state index contributed by atoms with van der Waals surface area (Å²) in [4.78, 5) is 17.6. The summed E-state index contributed by atoms with van der Waals surface area (Å²) in [5.74, 6) is -0.0184. The summed E-state index contributed by atoms with van der Waals surface area (Å²) < 4.78 is 0. The van der Waals surface area contributed by atoms with E-state index in [4.69, 9.17) is 16.6 Å². The Hall–Kier alpha value is -3.59. The Morgan fingerprint density at radius 1 is 1.00 bits per heavy atom. The predicted octanol–water partition coefficient (Wildman–Crippen LogP) is 7.60. The molecule has 0 bridgehead atoms. The lowest BCUT2D eigenvalue weighted by Crippen LogP contribution is -2.15. The molecule has 1 aromatic heterocycles. The number of halogens is 1. The van der Waals surface area contributed by atoms with Gasteiger partial charge < -0.3 is 5.32 Å². The van der Waals surface area contributed by atoms with Crippen LogP contribution in [0.4, 0.5) is 5.69 Å². The number of thioether (sulfide) groups is 1. The summed E-state index contributed by atoms with van der Waals surface area (Å²) in [7, 11) is 0. The molecular weight excluding hydrogens is 474 g/mol. The molecule has 35 heavy (non-hydrogen) atoms. The van der Waals surface area contributed by atoms with Gasteiger partial charge in [-0.15, -0.1) is 0 Å². The summed E-state index contributed by atoms with van der Waals surface area (Å²) in [6.45, 7) is 6.03. The van der Waals surface area contributed by atoms with Crippen LogP contribution in [-0.2, 0) is 4.79 Å². The van der Waals surface area contributed by atoms with Crippen LogP contribution in [0.2, 0.25) is 5.02 Å². The molecule has 1 heterocycles. The highest BCUT2D eigenvalue weighted by atomic mass is 35.5. The number of benzene rings is 3. The van der Waals surface area contributed by atoms with Crippen LogP contribution in [0, 0.1) is 32.1 Å². The fourth-order valence-electron chi connectivity index (χ4n) is 3.67. The van der Waals surface area contributed by atoms with E-state index in [9.17, 15) is 10.1 Å². The molecule has 1 N–H and O–H groups in total. The number of nitrogens with one attached hydrogen (secondary N) is 1. The fourth-order valence-corrected chi connectivity index (χ4v) is 4.60. The van der Waals surface area contributed by atoms with Crippen LogP contribution < -0.4 is 5.32 Å². The molecule has 0 saturated heterocycles. The number of carbonyl (C=O) groups is 1. The van der Waals surface area contributed by atoms with Gasteiger partial charge in [0.25, 0.3) is 0 Å². The number of hydrogen-bond donors (Lipinski definition) is 1. The maximum Gasteiger partial charge on any atom is 0.234 e. The van der Waals surface area contributed by atoms with Crippen LogP contribution in [0.1, 0.15) is 22.3 Å². The second kappa shape index (κ2) is 10.8. The fraction of sp³-hybridized carbons (Fsp3) is 0.138. The van der Waals surface area contributed by atoms with Crippen molar-refractivity contribution in [2.75, 3.05) is 11.1 Å². The van der Waals surface area contributed by atoms with Gasteiger partial charge in [-0.1, -0.05) is 77.5 Å². The van der Waals surface area contributed by atoms with Crippen LogP contribution in [-0.4, -0.2) is 16.6 Å². The van der Waals surface area contributed by atoms with Gasteiger partial charge in [0.15, 0.2) is 0 Å².